The average Bonchev–Trinajstić information content (AvgIpc) is 3.39. The normalized spacial score (nSPS) is 15.8. The van der Waals surface area contributed by atoms with Gasteiger partial charge in [0.25, 0.3) is 5.56 Å². The lowest BCUT2D eigenvalue weighted by molar-refractivity contribution is -0.139. The van der Waals surface area contributed by atoms with E-state index in [2.05, 4.69) is 23.7 Å². The summed E-state index contributed by atoms with van der Waals surface area (Å²) < 4.78 is 13.3. The standard InChI is InChI=1S/C25H26ClN3O4S/c1-5-28(6-2)20-13-12-18(33-20)14-19-23(30)29-22(16-8-10-17(26)11-9-16)21(24(31)32-7-3)15(4)27-25(29)34-19/h8-14,22H,5-7H2,1-4H3/b19-14+/t22-/m1/s1. The topological polar surface area (TPSA) is 77.0 Å². The van der Waals surface area contributed by atoms with Crippen LogP contribution in [0.2, 0.25) is 5.02 Å². The predicted octanol–water partition coefficient (Wildman–Crippen LogP) is 3.89. The number of aromatic nitrogens is 1. The summed E-state index contributed by atoms with van der Waals surface area (Å²) >= 11 is 7.35. The van der Waals surface area contributed by atoms with E-state index in [1.54, 1.807) is 36.6 Å². The number of furan rings is 1. The molecular formula is C25H26ClN3O4S. The second kappa shape index (κ2) is 10.0. The van der Waals surface area contributed by atoms with Crippen LogP contribution in [0.1, 0.15) is 45.1 Å². The Bertz CT molecular complexity index is 1410. The Morgan fingerprint density at radius 1 is 1.21 bits per heavy atom. The Hall–Kier alpha value is -3.10. The molecule has 0 aliphatic carbocycles. The van der Waals surface area contributed by atoms with E-state index in [1.807, 2.05) is 24.3 Å². The fourth-order valence-corrected chi connectivity index (χ4v) is 5.16. The molecule has 1 aliphatic heterocycles. The molecule has 7 nitrogen and oxygen atoms in total. The van der Waals surface area contributed by atoms with Crippen molar-refractivity contribution in [3.63, 3.8) is 0 Å². The maximum atomic E-state index is 13.6. The maximum Gasteiger partial charge on any atom is 0.338 e. The molecule has 0 N–H and O–H groups in total. The van der Waals surface area contributed by atoms with Crippen LogP contribution in [0.4, 0.5) is 5.88 Å². The molecule has 0 saturated carbocycles. The molecule has 1 atom stereocenters. The van der Waals surface area contributed by atoms with Gasteiger partial charge in [0.1, 0.15) is 5.76 Å². The third kappa shape index (κ3) is 4.48. The van der Waals surface area contributed by atoms with Crippen LogP contribution < -0.4 is 19.8 Å². The van der Waals surface area contributed by atoms with Crippen LogP contribution in [0.3, 0.4) is 0 Å². The molecule has 1 aromatic carbocycles. The van der Waals surface area contributed by atoms with Gasteiger partial charge in [0.2, 0.25) is 0 Å². The van der Waals surface area contributed by atoms with E-state index in [0.717, 1.165) is 24.5 Å². The number of esters is 1. The lowest BCUT2D eigenvalue weighted by atomic mass is 9.96. The van der Waals surface area contributed by atoms with Gasteiger partial charge in [-0.05, 0) is 51.5 Å². The predicted molar refractivity (Wildman–Crippen MR) is 134 cm³/mol. The van der Waals surface area contributed by atoms with Gasteiger partial charge in [-0.1, -0.05) is 35.1 Å². The third-order valence-corrected chi connectivity index (χ3v) is 6.90. The van der Waals surface area contributed by atoms with Crippen molar-refractivity contribution in [2.24, 2.45) is 4.99 Å². The van der Waals surface area contributed by atoms with Crippen LogP contribution in [-0.2, 0) is 9.53 Å². The largest absolute Gasteiger partial charge is 0.463 e. The minimum Gasteiger partial charge on any atom is -0.463 e. The Morgan fingerprint density at radius 3 is 2.56 bits per heavy atom. The Balaban J connectivity index is 1.87. The molecule has 4 rings (SSSR count). The van der Waals surface area contributed by atoms with E-state index in [9.17, 15) is 9.59 Å². The van der Waals surface area contributed by atoms with Gasteiger partial charge in [-0.3, -0.25) is 9.36 Å². The zero-order chi connectivity index (χ0) is 24.4. The van der Waals surface area contributed by atoms with Gasteiger partial charge >= 0.3 is 5.97 Å². The average molecular weight is 500 g/mol. The molecular weight excluding hydrogens is 474 g/mol. The summed E-state index contributed by atoms with van der Waals surface area (Å²) in [5.41, 5.74) is 1.35. The van der Waals surface area contributed by atoms with E-state index < -0.39 is 12.0 Å². The summed E-state index contributed by atoms with van der Waals surface area (Å²) in [6.45, 7) is 9.49. The highest BCUT2D eigenvalue weighted by molar-refractivity contribution is 7.07. The highest BCUT2D eigenvalue weighted by atomic mass is 35.5. The monoisotopic (exact) mass is 499 g/mol. The van der Waals surface area contributed by atoms with E-state index >= 15 is 0 Å². The van der Waals surface area contributed by atoms with Gasteiger partial charge in [0, 0.05) is 30.3 Å². The molecule has 2 aromatic heterocycles. The first-order valence-electron chi connectivity index (χ1n) is 11.2. The maximum absolute atomic E-state index is 13.6. The van der Waals surface area contributed by atoms with E-state index in [0.29, 0.717) is 31.4 Å². The molecule has 3 heterocycles. The molecule has 9 heteroatoms. The highest BCUT2D eigenvalue weighted by Crippen LogP contribution is 2.31. The van der Waals surface area contributed by atoms with E-state index in [-0.39, 0.29) is 12.2 Å². The van der Waals surface area contributed by atoms with Crippen molar-refractivity contribution >= 4 is 40.9 Å². The van der Waals surface area contributed by atoms with Crippen LogP contribution in [0.5, 0.6) is 0 Å². The van der Waals surface area contributed by atoms with Crippen molar-refractivity contribution < 1.29 is 13.9 Å². The van der Waals surface area contributed by atoms with E-state index in [1.165, 1.54) is 11.3 Å². The van der Waals surface area contributed by atoms with Crippen molar-refractivity contribution in [2.45, 2.75) is 33.7 Å². The van der Waals surface area contributed by atoms with Gasteiger partial charge in [-0.15, -0.1) is 0 Å². The fourth-order valence-electron chi connectivity index (χ4n) is 4.01. The number of thiazole rings is 1. The number of anilines is 1. The zero-order valence-electron chi connectivity index (χ0n) is 19.5. The lowest BCUT2D eigenvalue weighted by Gasteiger charge is -2.24. The first kappa shape index (κ1) is 24.0. The minimum absolute atomic E-state index is 0.223. The molecule has 3 aromatic rings. The number of allylic oxidation sites excluding steroid dienone is 1. The molecule has 178 valence electrons. The zero-order valence-corrected chi connectivity index (χ0v) is 21.1. The lowest BCUT2D eigenvalue weighted by Crippen LogP contribution is -2.39. The van der Waals surface area contributed by atoms with Gasteiger partial charge in [-0.25, -0.2) is 9.79 Å². The van der Waals surface area contributed by atoms with Gasteiger partial charge in [-0.2, -0.15) is 0 Å². The first-order valence-corrected chi connectivity index (χ1v) is 12.4. The molecule has 0 fully saturated rings. The number of hydrogen-bond acceptors (Lipinski definition) is 7. The molecule has 0 saturated heterocycles. The Kier molecular flexibility index (Phi) is 7.09. The molecule has 34 heavy (non-hydrogen) atoms. The number of rotatable bonds is 7. The molecule has 0 spiro atoms. The number of ether oxygens (including phenoxy) is 1. The fraction of sp³-hybridized carbons (Fsp3) is 0.320. The number of hydrogen-bond donors (Lipinski definition) is 0. The third-order valence-electron chi connectivity index (χ3n) is 5.66. The Labute approximate surface area is 206 Å². The number of fused-ring (bicyclic) bond motifs is 1. The summed E-state index contributed by atoms with van der Waals surface area (Å²) in [5.74, 6) is 0.841. The smallest absolute Gasteiger partial charge is 0.338 e. The summed E-state index contributed by atoms with van der Waals surface area (Å²) in [6.07, 6.45) is 1.72. The summed E-state index contributed by atoms with van der Waals surface area (Å²) in [4.78, 5) is 33.7. The first-order chi connectivity index (χ1) is 16.4. The van der Waals surface area contributed by atoms with Crippen LogP contribution >= 0.6 is 22.9 Å². The second-order valence-corrected chi connectivity index (χ2v) is 9.15. The number of benzene rings is 1. The summed E-state index contributed by atoms with van der Waals surface area (Å²) in [5, 5.41) is 0.566. The van der Waals surface area contributed by atoms with Crippen LogP contribution in [0.15, 0.2) is 61.9 Å². The van der Waals surface area contributed by atoms with Crippen molar-refractivity contribution in [1.82, 2.24) is 4.57 Å². The van der Waals surface area contributed by atoms with Gasteiger partial charge < -0.3 is 14.1 Å². The summed E-state index contributed by atoms with van der Waals surface area (Å²) in [6, 6.07) is 10.2. The van der Waals surface area contributed by atoms with Crippen LogP contribution in [0, 0.1) is 0 Å². The highest BCUT2D eigenvalue weighted by Gasteiger charge is 2.33. The number of halogens is 1. The SMILES string of the molecule is CCOC(=O)C1=C(C)N=c2s/c(=C/c3ccc(N(CC)CC)o3)c(=O)n2[C@@H]1c1ccc(Cl)cc1. The second-order valence-electron chi connectivity index (χ2n) is 7.70. The van der Waals surface area contributed by atoms with Gasteiger partial charge in [0.15, 0.2) is 10.7 Å². The van der Waals surface area contributed by atoms with Crippen molar-refractivity contribution in [3.05, 3.63) is 83.7 Å². The molecule has 0 unspecified atom stereocenters. The van der Waals surface area contributed by atoms with Crippen molar-refractivity contribution in [1.29, 1.82) is 0 Å². The summed E-state index contributed by atoms with van der Waals surface area (Å²) in [7, 11) is 0. The van der Waals surface area contributed by atoms with E-state index in [4.69, 9.17) is 20.8 Å². The number of carbonyl (C=O) groups is 1. The van der Waals surface area contributed by atoms with Crippen LogP contribution in [0.25, 0.3) is 6.08 Å². The molecule has 0 radical (unpaired) electrons. The molecule has 0 amide bonds. The van der Waals surface area contributed by atoms with Crippen molar-refractivity contribution in [2.75, 3.05) is 24.6 Å². The van der Waals surface area contributed by atoms with Crippen LogP contribution in [-0.4, -0.2) is 30.2 Å². The quantitative estimate of drug-likeness (QED) is 0.461. The number of nitrogens with zero attached hydrogens (tertiary/aromatic N) is 3. The molecule has 0 bridgehead atoms. The number of carbonyl (C=O) groups excluding carboxylic acids is 1. The van der Waals surface area contributed by atoms with Crippen molar-refractivity contribution in [3.8, 4) is 0 Å². The van der Waals surface area contributed by atoms with Gasteiger partial charge in [0.05, 0.1) is 28.5 Å². The molecule has 1 aliphatic rings. The Morgan fingerprint density at radius 2 is 1.91 bits per heavy atom. The minimum atomic E-state index is -0.669.